The number of anilines is 3. The second kappa shape index (κ2) is 12.0. The van der Waals surface area contributed by atoms with Crippen LogP contribution < -0.4 is 26.0 Å². The summed E-state index contributed by atoms with van der Waals surface area (Å²) >= 11 is 0. The van der Waals surface area contributed by atoms with Crippen LogP contribution in [0, 0.1) is 5.92 Å². The lowest BCUT2D eigenvalue weighted by Gasteiger charge is -2.18. The molecule has 0 bridgehead atoms. The summed E-state index contributed by atoms with van der Waals surface area (Å²) in [4.78, 5) is 37.9. The number of aliphatic hydroxyl groups excluding tert-OH is 1. The van der Waals surface area contributed by atoms with Gasteiger partial charge in [-0.1, -0.05) is 6.07 Å². The maximum absolute atomic E-state index is 12.6. The number of aliphatic hydroxyl groups is 4. The molecule has 0 radical (unpaired) electrons. The highest BCUT2D eigenvalue weighted by Crippen LogP contribution is 2.38. The molecule has 1 aliphatic rings. The number of benzene rings is 1. The van der Waals surface area contributed by atoms with E-state index in [4.69, 9.17) is 9.84 Å². The van der Waals surface area contributed by atoms with Gasteiger partial charge in [-0.05, 0) is 25.0 Å². The van der Waals surface area contributed by atoms with E-state index >= 15 is 0 Å². The number of hydrogen-bond donors (Lipinski definition) is 8. The number of amides is 3. The SMILES string of the molecule is COc1c(Nc2cc(NC(=O)C3CC3)nnc2C(=O)NC(O)(O)O)cccc1-c1cnn(CC(=O)NCCO)n1. The summed E-state index contributed by atoms with van der Waals surface area (Å²) in [6.07, 6.45) is -0.604. The summed E-state index contributed by atoms with van der Waals surface area (Å²) < 4.78 is 5.59. The molecule has 0 spiro atoms. The molecule has 17 heteroatoms. The fraction of sp³-hybridized carbons (Fsp3) is 0.348. The van der Waals surface area contributed by atoms with Crippen LogP contribution in [-0.2, 0) is 16.1 Å². The standard InChI is InChI=1S/C23H27N9O8/c1-40-20-13(16-10-25-32(31-16)11-18(34)24-7-8-33)3-2-4-14(20)26-15-9-17(27-21(35)12-5-6-12)29-30-19(15)22(36)28-23(37,38)39/h2-4,9-10,12,33,37-39H,5-8,11H2,1H3,(H,24,34)(H,28,36)(H2,26,27,29,35). The Labute approximate surface area is 226 Å². The van der Waals surface area contributed by atoms with Gasteiger partial charge in [-0.2, -0.15) is 15.0 Å². The van der Waals surface area contributed by atoms with Crippen LogP contribution in [0.2, 0.25) is 0 Å². The van der Waals surface area contributed by atoms with Gasteiger partial charge < -0.3 is 41.1 Å². The summed E-state index contributed by atoms with van der Waals surface area (Å²) in [5.74, 6) is -1.70. The van der Waals surface area contributed by atoms with Gasteiger partial charge >= 0.3 is 6.10 Å². The van der Waals surface area contributed by atoms with Crippen LogP contribution >= 0.6 is 0 Å². The van der Waals surface area contributed by atoms with Gasteiger partial charge in [-0.3, -0.25) is 19.7 Å². The molecule has 0 atom stereocenters. The number of ether oxygens (including phenoxy) is 1. The smallest absolute Gasteiger partial charge is 0.369 e. The minimum absolute atomic E-state index is 0.0248. The van der Waals surface area contributed by atoms with E-state index in [1.54, 1.807) is 23.5 Å². The number of carbonyl (C=O) groups excluding carboxylic acids is 3. The van der Waals surface area contributed by atoms with Gasteiger partial charge in [0.15, 0.2) is 17.3 Å². The molecule has 2 aromatic heterocycles. The van der Waals surface area contributed by atoms with Crippen molar-refractivity contribution in [3.8, 4) is 17.0 Å². The molecule has 0 unspecified atom stereocenters. The summed E-state index contributed by atoms with van der Waals surface area (Å²) in [6, 6.07) is 6.25. The molecule has 8 N–H and O–H groups in total. The van der Waals surface area contributed by atoms with Gasteiger partial charge in [0.25, 0.3) is 5.91 Å². The zero-order valence-electron chi connectivity index (χ0n) is 21.2. The Morgan fingerprint density at radius 2 is 1.93 bits per heavy atom. The van der Waals surface area contributed by atoms with E-state index in [-0.39, 0.29) is 48.8 Å². The lowest BCUT2D eigenvalue weighted by Crippen LogP contribution is -2.48. The Hall–Kier alpha value is -4.71. The molecule has 0 aliphatic heterocycles. The number of rotatable bonds is 12. The number of methoxy groups -OCH3 is 1. The maximum atomic E-state index is 12.6. The second-order valence-corrected chi connectivity index (χ2v) is 8.69. The van der Waals surface area contributed by atoms with Crippen LogP contribution in [0.25, 0.3) is 11.3 Å². The van der Waals surface area contributed by atoms with Crippen molar-refractivity contribution < 1.29 is 39.5 Å². The van der Waals surface area contributed by atoms with Crippen LogP contribution in [0.5, 0.6) is 5.75 Å². The largest absolute Gasteiger partial charge is 0.494 e. The number of para-hydroxylation sites is 1. The van der Waals surface area contributed by atoms with E-state index in [9.17, 15) is 29.7 Å². The average molecular weight is 558 g/mol. The first kappa shape index (κ1) is 28.3. The number of nitrogens with one attached hydrogen (secondary N) is 4. The summed E-state index contributed by atoms with van der Waals surface area (Å²) in [5.41, 5.74) is 0.648. The lowest BCUT2D eigenvalue weighted by molar-refractivity contribution is -0.323. The van der Waals surface area contributed by atoms with Crippen molar-refractivity contribution in [1.82, 2.24) is 35.8 Å². The minimum atomic E-state index is -3.52. The predicted octanol–water partition coefficient (Wildman–Crippen LogP) is -1.74. The Bertz CT molecular complexity index is 1400. The van der Waals surface area contributed by atoms with Gasteiger partial charge in [-0.15, -0.1) is 10.2 Å². The first-order chi connectivity index (χ1) is 19.1. The van der Waals surface area contributed by atoms with Crippen LogP contribution in [-0.4, -0.2) is 89.7 Å². The molecule has 1 fully saturated rings. The Morgan fingerprint density at radius 3 is 2.60 bits per heavy atom. The minimum Gasteiger partial charge on any atom is -0.494 e. The molecule has 3 amide bonds. The zero-order valence-corrected chi connectivity index (χ0v) is 21.2. The normalized spacial score (nSPS) is 12.9. The second-order valence-electron chi connectivity index (χ2n) is 8.69. The van der Waals surface area contributed by atoms with E-state index in [0.29, 0.717) is 16.9 Å². The van der Waals surface area contributed by atoms with Crippen LogP contribution in [0.4, 0.5) is 17.2 Å². The third-order valence-corrected chi connectivity index (χ3v) is 5.51. The lowest BCUT2D eigenvalue weighted by atomic mass is 10.1. The highest BCUT2D eigenvalue weighted by Gasteiger charge is 2.31. The van der Waals surface area contributed by atoms with Crippen molar-refractivity contribution >= 4 is 34.9 Å². The van der Waals surface area contributed by atoms with Crippen molar-refractivity contribution in [1.29, 1.82) is 0 Å². The zero-order chi connectivity index (χ0) is 28.9. The monoisotopic (exact) mass is 557 g/mol. The maximum Gasteiger partial charge on any atom is 0.369 e. The third kappa shape index (κ3) is 7.23. The Kier molecular flexibility index (Phi) is 8.49. The summed E-state index contributed by atoms with van der Waals surface area (Å²) in [5, 5.41) is 62.0. The molecule has 3 aromatic rings. The fourth-order valence-electron chi connectivity index (χ4n) is 3.58. The molecule has 2 heterocycles. The summed E-state index contributed by atoms with van der Waals surface area (Å²) in [7, 11) is 1.40. The van der Waals surface area contributed by atoms with E-state index < -0.39 is 23.6 Å². The highest BCUT2D eigenvalue weighted by atomic mass is 16.7. The van der Waals surface area contributed by atoms with Gasteiger partial charge in [0, 0.05) is 24.1 Å². The molecule has 4 rings (SSSR count). The molecule has 1 aromatic carbocycles. The molecule has 1 saturated carbocycles. The number of carbonyl (C=O) groups is 3. The molecule has 0 saturated heterocycles. The Balaban J connectivity index is 1.65. The van der Waals surface area contributed by atoms with Crippen molar-refractivity contribution in [2.75, 3.05) is 30.9 Å². The van der Waals surface area contributed by atoms with E-state index in [1.165, 1.54) is 19.4 Å². The molecular weight excluding hydrogens is 530 g/mol. The van der Waals surface area contributed by atoms with Crippen molar-refractivity contribution in [3.63, 3.8) is 0 Å². The topological polar surface area (TPSA) is 246 Å². The van der Waals surface area contributed by atoms with E-state index in [1.807, 2.05) is 0 Å². The number of hydrogen-bond acceptors (Lipinski definition) is 13. The molecule has 17 nitrogen and oxygen atoms in total. The highest BCUT2D eigenvalue weighted by molar-refractivity contribution is 6.00. The van der Waals surface area contributed by atoms with Crippen LogP contribution in [0.15, 0.2) is 30.5 Å². The predicted molar refractivity (Wildman–Crippen MR) is 136 cm³/mol. The Morgan fingerprint density at radius 1 is 1.15 bits per heavy atom. The van der Waals surface area contributed by atoms with E-state index in [0.717, 1.165) is 17.6 Å². The van der Waals surface area contributed by atoms with E-state index in [2.05, 4.69) is 36.3 Å². The average Bonchev–Trinajstić information content (AvgIpc) is 3.65. The quantitative estimate of drug-likeness (QED) is 0.115. The molecule has 212 valence electrons. The van der Waals surface area contributed by atoms with Gasteiger partial charge in [-0.25, -0.2) is 0 Å². The van der Waals surface area contributed by atoms with Gasteiger partial charge in [0.2, 0.25) is 11.8 Å². The third-order valence-electron chi connectivity index (χ3n) is 5.51. The van der Waals surface area contributed by atoms with Gasteiger partial charge in [0.05, 0.1) is 31.3 Å². The molecule has 40 heavy (non-hydrogen) atoms. The fourth-order valence-corrected chi connectivity index (χ4v) is 3.58. The molecular formula is C23H27N9O8. The van der Waals surface area contributed by atoms with Crippen molar-refractivity contribution in [2.24, 2.45) is 5.92 Å². The van der Waals surface area contributed by atoms with Gasteiger partial charge in [0.1, 0.15) is 12.2 Å². The number of nitrogens with zero attached hydrogens (tertiary/aromatic N) is 5. The van der Waals surface area contributed by atoms with Crippen LogP contribution in [0.1, 0.15) is 23.3 Å². The van der Waals surface area contributed by atoms with Crippen LogP contribution in [0.3, 0.4) is 0 Å². The number of aromatic nitrogens is 5. The van der Waals surface area contributed by atoms with Crippen molar-refractivity contribution in [2.45, 2.75) is 25.5 Å². The first-order valence-electron chi connectivity index (χ1n) is 12.0. The van der Waals surface area contributed by atoms with Crippen molar-refractivity contribution in [3.05, 3.63) is 36.2 Å². The summed E-state index contributed by atoms with van der Waals surface area (Å²) in [6.45, 7) is -0.286. The first-order valence-corrected chi connectivity index (χ1v) is 12.0. The molecule has 1 aliphatic carbocycles.